The normalized spacial score (nSPS) is 36.3. The summed E-state index contributed by atoms with van der Waals surface area (Å²) in [5, 5.41) is 10.0. The predicted octanol–water partition coefficient (Wildman–Crippen LogP) is 1.81. The van der Waals surface area contributed by atoms with E-state index >= 15 is 0 Å². The number of amides is 6. The molecule has 5 aliphatic rings. The van der Waals surface area contributed by atoms with Gasteiger partial charge in [-0.2, -0.15) is 4.90 Å². The number of aromatic hydroxyl groups is 1. The molecule has 0 bridgehead atoms. The van der Waals surface area contributed by atoms with E-state index in [1.807, 2.05) is 0 Å². The lowest BCUT2D eigenvalue weighted by molar-refractivity contribution is -0.139. The number of carbonyl (C=O) groups is 5. The van der Waals surface area contributed by atoms with Crippen molar-refractivity contribution in [3.05, 3.63) is 47.2 Å². The number of allylic oxidation sites excluding steroid dienone is 3. The van der Waals surface area contributed by atoms with E-state index in [2.05, 4.69) is 0 Å². The fourth-order valence-corrected chi connectivity index (χ4v) is 7.81. The lowest BCUT2D eigenvalue weighted by Gasteiger charge is -2.51. The van der Waals surface area contributed by atoms with E-state index < -0.39 is 63.1 Å². The molecule has 12 heteroatoms. The molecule has 0 spiro atoms. The molecule has 1 aromatic carbocycles. The zero-order chi connectivity index (χ0) is 26.6. The van der Waals surface area contributed by atoms with Crippen molar-refractivity contribution in [2.24, 2.45) is 29.4 Å². The summed E-state index contributed by atoms with van der Waals surface area (Å²) in [5.74, 6) is -5.89. The number of benzene rings is 1. The van der Waals surface area contributed by atoms with Gasteiger partial charge in [0.05, 0.1) is 18.1 Å². The van der Waals surface area contributed by atoms with Gasteiger partial charge in [0, 0.05) is 24.9 Å². The number of urea groups is 1. The van der Waals surface area contributed by atoms with Crippen LogP contribution in [-0.2, 0) is 25.6 Å². The highest BCUT2D eigenvalue weighted by Crippen LogP contribution is 2.64. The Hall–Kier alpha value is -3.37. The number of hydrogen-bond acceptors (Lipinski definition) is 7. The third kappa shape index (κ3) is 2.85. The van der Waals surface area contributed by atoms with Crippen molar-refractivity contribution in [3.8, 4) is 11.5 Å². The van der Waals surface area contributed by atoms with E-state index in [0.717, 1.165) is 4.90 Å². The first kappa shape index (κ1) is 24.0. The van der Waals surface area contributed by atoms with Crippen LogP contribution in [0.25, 0.3) is 0 Å². The van der Waals surface area contributed by atoms with E-state index in [1.165, 1.54) is 25.4 Å². The number of likely N-dealkylation sites (tertiary alicyclic amines) is 2. The molecule has 2 aliphatic carbocycles. The molecule has 10 nitrogen and oxygen atoms in total. The second-order valence-electron chi connectivity index (χ2n) is 10.1. The van der Waals surface area contributed by atoms with Gasteiger partial charge in [0.1, 0.15) is 11.5 Å². The summed E-state index contributed by atoms with van der Waals surface area (Å²) in [7, 11) is 1.30. The van der Waals surface area contributed by atoms with Crippen LogP contribution < -0.4 is 10.5 Å². The first-order valence-electron chi connectivity index (χ1n) is 11.7. The topological polar surface area (TPSA) is 147 Å². The average molecular weight is 546 g/mol. The first-order valence-corrected chi connectivity index (χ1v) is 12.4. The van der Waals surface area contributed by atoms with Crippen LogP contribution in [0.5, 0.6) is 11.5 Å². The number of carbonyl (C=O) groups excluding carboxylic acids is 5. The Balaban J connectivity index is 1.52. The zero-order valence-electron chi connectivity index (χ0n) is 19.4. The van der Waals surface area contributed by atoms with Crippen molar-refractivity contribution < 1.29 is 33.8 Å². The van der Waals surface area contributed by atoms with Gasteiger partial charge in [0.15, 0.2) is 9.75 Å². The van der Waals surface area contributed by atoms with Gasteiger partial charge in [0.2, 0.25) is 11.8 Å². The minimum absolute atomic E-state index is 0.0191. The number of ether oxygens (including phenoxy) is 1. The minimum atomic E-state index is -1.94. The first-order chi connectivity index (χ1) is 17.4. The van der Waals surface area contributed by atoms with E-state index in [1.54, 1.807) is 12.1 Å². The SMILES string of the molecule is CN1C(=O)C2(Cl)CC3C(=CCC4C(=O)N(C(N)=O)C(=O)C43)C(C3=COc4ccc(O)cc4C3)C2(Cl)C1=O. The Morgan fingerprint density at radius 1 is 1.14 bits per heavy atom. The van der Waals surface area contributed by atoms with Crippen LogP contribution in [0.4, 0.5) is 4.79 Å². The summed E-state index contributed by atoms with van der Waals surface area (Å²) in [5.41, 5.74) is 7.05. The van der Waals surface area contributed by atoms with E-state index in [-0.39, 0.29) is 25.0 Å². The van der Waals surface area contributed by atoms with Crippen molar-refractivity contribution in [1.29, 1.82) is 0 Å². The monoisotopic (exact) mass is 545 g/mol. The number of hydrogen-bond donors (Lipinski definition) is 2. The molecule has 0 radical (unpaired) electrons. The quantitative estimate of drug-likeness (QED) is 0.310. The van der Waals surface area contributed by atoms with Crippen molar-refractivity contribution in [2.75, 3.05) is 7.05 Å². The van der Waals surface area contributed by atoms with Crippen molar-refractivity contribution >= 4 is 52.9 Å². The summed E-state index contributed by atoms with van der Waals surface area (Å²) in [6.07, 6.45) is 3.36. The van der Waals surface area contributed by atoms with Crippen molar-refractivity contribution in [3.63, 3.8) is 0 Å². The molecule has 1 aromatic rings. The lowest BCUT2D eigenvalue weighted by atomic mass is 9.56. The van der Waals surface area contributed by atoms with Gasteiger partial charge < -0.3 is 15.6 Å². The van der Waals surface area contributed by atoms with Gasteiger partial charge >= 0.3 is 6.03 Å². The van der Waals surface area contributed by atoms with Gasteiger partial charge in [0.25, 0.3) is 11.8 Å². The Morgan fingerprint density at radius 3 is 2.57 bits per heavy atom. The van der Waals surface area contributed by atoms with E-state index in [9.17, 15) is 29.1 Å². The van der Waals surface area contributed by atoms with Crippen LogP contribution in [-0.4, -0.2) is 61.4 Å². The Morgan fingerprint density at radius 2 is 1.86 bits per heavy atom. The van der Waals surface area contributed by atoms with Crippen LogP contribution in [0.15, 0.2) is 41.7 Å². The lowest BCUT2D eigenvalue weighted by Crippen LogP contribution is -2.61. The summed E-state index contributed by atoms with van der Waals surface area (Å²) in [4.78, 5) is 62.5. The largest absolute Gasteiger partial charge is 0.508 e. The summed E-state index contributed by atoms with van der Waals surface area (Å²) >= 11 is 14.2. The zero-order valence-corrected chi connectivity index (χ0v) is 21.0. The number of halogens is 2. The smallest absolute Gasteiger partial charge is 0.328 e. The second kappa shape index (κ2) is 7.58. The molecule has 3 aliphatic heterocycles. The minimum Gasteiger partial charge on any atom is -0.508 e. The van der Waals surface area contributed by atoms with Gasteiger partial charge in [-0.3, -0.25) is 24.1 Å². The number of phenolic OH excluding ortho intramolecular Hbond substituents is 1. The maximum absolute atomic E-state index is 13.6. The van der Waals surface area contributed by atoms with Crippen LogP contribution in [0.2, 0.25) is 0 Å². The highest BCUT2D eigenvalue weighted by Gasteiger charge is 2.76. The molecule has 6 atom stereocenters. The number of nitrogens with zero attached hydrogens (tertiary/aromatic N) is 2. The van der Waals surface area contributed by atoms with Gasteiger partial charge in [-0.25, -0.2) is 4.79 Å². The molecule has 3 heterocycles. The van der Waals surface area contributed by atoms with Crippen LogP contribution in [0.3, 0.4) is 0 Å². The Labute approximate surface area is 220 Å². The van der Waals surface area contributed by atoms with E-state index in [4.69, 9.17) is 33.7 Å². The highest BCUT2D eigenvalue weighted by molar-refractivity contribution is 6.53. The van der Waals surface area contributed by atoms with E-state index in [0.29, 0.717) is 27.4 Å². The molecule has 2 saturated heterocycles. The van der Waals surface area contributed by atoms with Crippen LogP contribution >= 0.6 is 23.2 Å². The molecule has 6 unspecified atom stereocenters. The van der Waals surface area contributed by atoms with Crippen LogP contribution in [0.1, 0.15) is 18.4 Å². The molecule has 3 fully saturated rings. The fraction of sp³-hybridized carbons (Fsp3) is 0.400. The number of primary amides is 1. The molecular formula is C25H21Cl2N3O7. The Bertz CT molecular complexity index is 1410. The molecule has 6 amide bonds. The molecule has 192 valence electrons. The average Bonchev–Trinajstić information content (AvgIpc) is 3.18. The van der Waals surface area contributed by atoms with Gasteiger partial charge in [-0.15, -0.1) is 23.2 Å². The molecule has 1 saturated carbocycles. The summed E-state index contributed by atoms with van der Waals surface area (Å²) in [6, 6.07) is 3.44. The van der Waals surface area contributed by atoms with Gasteiger partial charge in [-0.05, 0) is 42.5 Å². The van der Waals surface area contributed by atoms with Crippen molar-refractivity contribution in [1.82, 2.24) is 9.80 Å². The molecule has 37 heavy (non-hydrogen) atoms. The number of alkyl halides is 2. The standard InChI is InChI=1S/C25H21Cl2N3O7/c1-29-21(34)24(26)8-15-13(3-4-14-17(15)20(33)30(19(14)32)23(28)36)18(25(24,27)22(29)35)11-6-10-7-12(31)2-5-16(10)37-9-11/h2-3,5,7,9,14-15,17-18,31H,4,6,8H2,1H3,(H2,28,36). The molecule has 0 aromatic heterocycles. The number of phenols is 1. The van der Waals surface area contributed by atoms with Gasteiger partial charge in [-0.1, -0.05) is 11.6 Å². The van der Waals surface area contributed by atoms with Crippen molar-refractivity contribution in [2.45, 2.75) is 29.0 Å². The maximum Gasteiger partial charge on any atom is 0.328 e. The Kier molecular flexibility index (Phi) is 4.91. The number of nitrogens with two attached hydrogens (primary N) is 1. The highest BCUT2D eigenvalue weighted by atomic mass is 35.5. The number of rotatable bonds is 1. The third-order valence-corrected chi connectivity index (χ3v) is 9.79. The summed E-state index contributed by atoms with van der Waals surface area (Å²) in [6.45, 7) is 0. The second-order valence-corrected chi connectivity index (χ2v) is 11.4. The fourth-order valence-electron chi connectivity index (χ4n) is 6.77. The predicted molar refractivity (Wildman–Crippen MR) is 128 cm³/mol. The maximum atomic E-state index is 13.6. The molecular weight excluding hydrogens is 525 g/mol. The molecule has 6 rings (SSSR count). The van der Waals surface area contributed by atoms with Crippen LogP contribution in [0, 0.1) is 23.7 Å². The third-order valence-electron chi connectivity index (χ3n) is 8.38. The summed E-state index contributed by atoms with van der Waals surface area (Å²) < 4.78 is 5.81. The molecule has 3 N–H and O–H groups in total. The number of fused-ring (bicyclic) bond motifs is 5. The number of imide groups is 4.